The molecule has 0 aliphatic heterocycles. The third kappa shape index (κ3) is 3.90. The number of carbonyl (C=O) groups is 1. The Morgan fingerprint density at radius 2 is 2.00 bits per heavy atom. The predicted molar refractivity (Wildman–Crippen MR) is 58.3 cm³/mol. The minimum Gasteiger partial charge on any atom is -0.465 e. The van der Waals surface area contributed by atoms with E-state index in [1.54, 1.807) is 24.3 Å². The van der Waals surface area contributed by atoms with E-state index in [4.69, 9.17) is 21.1 Å². The number of hydrogen-bond acceptors (Lipinski definition) is 3. The van der Waals surface area contributed by atoms with Gasteiger partial charge in [0, 0.05) is 12.2 Å². The van der Waals surface area contributed by atoms with Crippen LogP contribution in [0.3, 0.4) is 0 Å². The van der Waals surface area contributed by atoms with Gasteiger partial charge in [-0.3, -0.25) is 4.79 Å². The number of rotatable bonds is 5. The molecule has 0 aliphatic rings. The summed E-state index contributed by atoms with van der Waals surface area (Å²) in [6.45, 7) is 4.30. The van der Waals surface area contributed by atoms with Gasteiger partial charge in [0.05, 0.1) is 0 Å². The van der Waals surface area contributed by atoms with E-state index in [0.29, 0.717) is 17.9 Å². The van der Waals surface area contributed by atoms with Crippen molar-refractivity contribution in [3.8, 4) is 5.75 Å². The molecule has 1 atom stereocenters. The first-order chi connectivity index (χ1) is 7.13. The van der Waals surface area contributed by atoms with Crippen LogP contribution in [-0.2, 0) is 4.74 Å². The molecule has 1 aromatic carbocycles. The van der Waals surface area contributed by atoms with Gasteiger partial charge in [-0.25, -0.2) is 0 Å². The first-order valence-corrected chi connectivity index (χ1v) is 5.09. The molecule has 0 N–H and O–H groups in total. The van der Waals surface area contributed by atoms with E-state index in [-0.39, 0.29) is 6.29 Å². The Hall–Kier alpha value is -1.06. The maximum Gasteiger partial charge on any atom is 0.252 e. The molecule has 4 heteroatoms. The lowest BCUT2D eigenvalue weighted by atomic mass is 10.2. The molecule has 1 rings (SSSR count). The van der Waals surface area contributed by atoms with Crippen LogP contribution >= 0.6 is 11.6 Å². The van der Waals surface area contributed by atoms with E-state index >= 15 is 0 Å². The van der Waals surface area contributed by atoms with Crippen molar-refractivity contribution in [3.63, 3.8) is 0 Å². The van der Waals surface area contributed by atoms with Crippen LogP contribution in [0.1, 0.15) is 24.2 Å². The van der Waals surface area contributed by atoms with E-state index in [2.05, 4.69) is 0 Å². The van der Waals surface area contributed by atoms with Gasteiger partial charge in [-0.05, 0) is 49.7 Å². The van der Waals surface area contributed by atoms with Gasteiger partial charge in [0.1, 0.15) is 5.75 Å². The highest BCUT2D eigenvalue weighted by Crippen LogP contribution is 2.15. The van der Waals surface area contributed by atoms with Crippen molar-refractivity contribution < 1.29 is 14.3 Å². The molecule has 1 unspecified atom stereocenters. The Bertz CT molecular complexity index is 321. The van der Waals surface area contributed by atoms with Crippen LogP contribution in [0.2, 0.25) is 0 Å². The summed E-state index contributed by atoms with van der Waals surface area (Å²) in [5.41, 5.74) is 0.452. The average molecular weight is 229 g/mol. The van der Waals surface area contributed by atoms with E-state index < -0.39 is 5.24 Å². The highest BCUT2D eigenvalue weighted by molar-refractivity contribution is 6.67. The maximum atomic E-state index is 10.8. The summed E-state index contributed by atoms with van der Waals surface area (Å²) in [6, 6.07) is 6.60. The SMILES string of the molecule is CCOC(C)Oc1ccc(C(=O)Cl)cc1. The summed E-state index contributed by atoms with van der Waals surface area (Å²) >= 11 is 5.31. The molecule has 3 nitrogen and oxygen atoms in total. The molecular weight excluding hydrogens is 216 g/mol. The minimum absolute atomic E-state index is 0.299. The second-order valence-electron chi connectivity index (χ2n) is 2.94. The van der Waals surface area contributed by atoms with E-state index in [1.807, 2.05) is 13.8 Å². The summed E-state index contributed by atoms with van der Waals surface area (Å²) in [7, 11) is 0. The third-order valence-corrected chi connectivity index (χ3v) is 2.00. The molecular formula is C11H13ClO3. The van der Waals surface area contributed by atoms with Crippen molar-refractivity contribution in [2.24, 2.45) is 0 Å². The lowest BCUT2D eigenvalue weighted by Crippen LogP contribution is -2.15. The summed E-state index contributed by atoms with van der Waals surface area (Å²) in [5, 5.41) is -0.473. The zero-order valence-corrected chi connectivity index (χ0v) is 9.45. The number of ether oxygens (including phenoxy) is 2. The molecule has 82 valence electrons. The summed E-state index contributed by atoms with van der Waals surface area (Å²) in [6.07, 6.45) is -0.299. The van der Waals surface area contributed by atoms with Crippen LogP contribution in [0.25, 0.3) is 0 Å². The maximum absolute atomic E-state index is 10.8. The van der Waals surface area contributed by atoms with Crippen molar-refractivity contribution in [2.75, 3.05) is 6.61 Å². The van der Waals surface area contributed by atoms with Crippen LogP contribution in [0.15, 0.2) is 24.3 Å². The molecule has 0 heterocycles. The topological polar surface area (TPSA) is 35.5 Å². The Morgan fingerprint density at radius 1 is 1.40 bits per heavy atom. The quantitative estimate of drug-likeness (QED) is 0.574. The highest BCUT2D eigenvalue weighted by atomic mass is 35.5. The molecule has 0 spiro atoms. The van der Waals surface area contributed by atoms with Gasteiger partial charge in [-0.1, -0.05) is 0 Å². The molecule has 0 amide bonds. The normalized spacial score (nSPS) is 12.2. The largest absolute Gasteiger partial charge is 0.465 e. The molecule has 0 bridgehead atoms. The molecule has 0 radical (unpaired) electrons. The monoisotopic (exact) mass is 228 g/mol. The Labute approximate surface area is 93.9 Å². The number of halogens is 1. The van der Waals surface area contributed by atoms with Gasteiger partial charge in [0.15, 0.2) is 6.29 Å². The lowest BCUT2D eigenvalue weighted by molar-refractivity contribution is -0.0613. The predicted octanol–water partition coefficient (Wildman–Crippen LogP) is 2.83. The molecule has 0 aliphatic carbocycles. The molecule has 0 aromatic heterocycles. The number of carbonyl (C=O) groups excluding carboxylic acids is 1. The smallest absolute Gasteiger partial charge is 0.252 e. The summed E-state index contributed by atoms with van der Waals surface area (Å²) < 4.78 is 10.6. The van der Waals surface area contributed by atoms with E-state index in [1.165, 1.54) is 0 Å². The van der Waals surface area contributed by atoms with Gasteiger partial charge in [-0.2, -0.15) is 0 Å². The van der Waals surface area contributed by atoms with Crippen LogP contribution in [0.5, 0.6) is 5.75 Å². The van der Waals surface area contributed by atoms with Gasteiger partial charge in [-0.15, -0.1) is 0 Å². The van der Waals surface area contributed by atoms with E-state index in [9.17, 15) is 4.79 Å². The molecule has 1 aromatic rings. The Balaban J connectivity index is 2.60. The highest BCUT2D eigenvalue weighted by Gasteiger charge is 2.04. The minimum atomic E-state index is -0.473. The van der Waals surface area contributed by atoms with Crippen LogP contribution < -0.4 is 4.74 Å². The standard InChI is InChI=1S/C11H13ClO3/c1-3-14-8(2)15-10-6-4-9(5-7-10)11(12)13/h4-8H,3H2,1-2H3. The van der Waals surface area contributed by atoms with Crippen LogP contribution in [0.4, 0.5) is 0 Å². The van der Waals surface area contributed by atoms with Crippen molar-refractivity contribution in [3.05, 3.63) is 29.8 Å². The Kier molecular flexibility index (Phi) is 4.59. The second-order valence-corrected chi connectivity index (χ2v) is 3.28. The lowest BCUT2D eigenvalue weighted by Gasteiger charge is -2.14. The van der Waals surface area contributed by atoms with Crippen LogP contribution in [0, 0.1) is 0 Å². The molecule has 0 fully saturated rings. The van der Waals surface area contributed by atoms with Crippen molar-refractivity contribution in [1.82, 2.24) is 0 Å². The zero-order valence-electron chi connectivity index (χ0n) is 8.70. The fraction of sp³-hybridized carbons (Fsp3) is 0.364. The summed E-state index contributed by atoms with van der Waals surface area (Å²) in [4.78, 5) is 10.8. The third-order valence-electron chi connectivity index (χ3n) is 1.78. The fourth-order valence-electron chi connectivity index (χ4n) is 1.12. The van der Waals surface area contributed by atoms with Crippen molar-refractivity contribution >= 4 is 16.8 Å². The average Bonchev–Trinajstić information content (AvgIpc) is 2.18. The fourth-order valence-corrected chi connectivity index (χ4v) is 1.25. The van der Waals surface area contributed by atoms with Crippen molar-refractivity contribution in [2.45, 2.75) is 20.1 Å². The van der Waals surface area contributed by atoms with Crippen molar-refractivity contribution in [1.29, 1.82) is 0 Å². The summed E-state index contributed by atoms with van der Waals surface area (Å²) in [5.74, 6) is 0.651. The first-order valence-electron chi connectivity index (χ1n) is 4.71. The molecule has 0 saturated carbocycles. The molecule has 0 saturated heterocycles. The number of hydrogen-bond donors (Lipinski definition) is 0. The first kappa shape index (κ1) is 12.0. The van der Waals surface area contributed by atoms with Crippen LogP contribution in [-0.4, -0.2) is 18.1 Å². The molecule has 15 heavy (non-hydrogen) atoms. The number of benzene rings is 1. The van der Waals surface area contributed by atoms with E-state index in [0.717, 1.165) is 0 Å². The van der Waals surface area contributed by atoms with Gasteiger partial charge < -0.3 is 9.47 Å². The van der Waals surface area contributed by atoms with Gasteiger partial charge in [0.25, 0.3) is 5.24 Å². The van der Waals surface area contributed by atoms with Gasteiger partial charge in [0.2, 0.25) is 0 Å². The zero-order chi connectivity index (χ0) is 11.3. The Morgan fingerprint density at radius 3 is 2.47 bits per heavy atom. The van der Waals surface area contributed by atoms with Gasteiger partial charge >= 0.3 is 0 Å². The second kappa shape index (κ2) is 5.73.